The molecule has 1 N–H and O–H groups in total. The van der Waals surface area contributed by atoms with Gasteiger partial charge in [0.1, 0.15) is 0 Å². The van der Waals surface area contributed by atoms with Crippen LogP contribution in [-0.2, 0) is 20.6 Å². The molecule has 0 bridgehead atoms. The Balaban J connectivity index is 1.29. The highest BCUT2D eigenvalue weighted by molar-refractivity contribution is 5.80. The number of guanidine groups is 1. The molecule has 2 heterocycles. The van der Waals surface area contributed by atoms with Crippen LogP contribution in [0.3, 0.4) is 0 Å². The van der Waals surface area contributed by atoms with E-state index in [0.29, 0.717) is 12.2 Å². The van der Waals surface area contributed by atoms with E-state index in [1.165, 1.54) is 18.4 Å². The second-order valence-electron chi connectivity index (χ2n) is 8.45. The van der Waals surface area contributed by atoms with Crippen molar-refractivity contribution in [3.8, 4) is 0 Å². The van der Waals surface area contributed by atoms with Crippen molar-refractivity contribution < 1.29 is 14.2 Å². The molecule has 2 aliphatic rings. The molecule has 1 unspecified atom stereocenters. The summed E-state index contributed by atoms with van der Waals surface area (Å²) in [6, 6.07) is 10.5. The lowest BCUT2D eigenvalue weighted by molar-refractivity contribution is -0.0721. The van der Waals surface area contributed by atoms with Crippen LogP contribution >= 0.6 is 0 Å². The highest BCUT2D eigenvalue weighted by Gasteiger charge is 2.23. The lowest BCUT2D eigenvalue weighted by Gasteiger charge is -2.35. The molecular formula is C25H41N3O3. The van der Waals surface area contributed by atoms with Crippen LogP contribution in [0.25, 0.3) is 0 Å². The quantitative estimate of drug-likeness (QED) is 0.329. The fourth-order valence-corrected chi connectivity index (χ4v) is 4.13. The number of benzene rings is 1. The van der Waals surface area contributed by atoms with E-state index in [9.17, 15) is 0 Å². The maximum atomic E-state index is 6.15. The molecule has 1 aromatic carbocycles. The van der Waals surface area contributed by atoms with E-state index in [1.807, 2.05) is 6.07 Å². The minimum atomic E-state index is 0.306. The third kappa shape index (κ3) is 9.17. The second-order valence-corrected chi connectivity index (χ2v) is 8.45. The first-order chi connectivity index (χ1) is 15.3. The monoisotopic (exact) mass is 431 g/mol. The second kappa shape index (κ2) is 14.4. The van der Waals surface area contributed by atoms with E-state index in [2.05, 4.69) is 41.4 Å². The minimum Gasteiger partial charge on any atom is -0.381 e. The number of nitrogens with zero attached hydrogens (tertiary/aromatic N) is 2. The van der Waals surface area contributed by atoms with E-state index < -0.39 is 0 Å². The summed E-state index contributed by atoms with van der Waals surface area (Å²) in [4.78, 5) is 7.20. The Morgan fingerprint density at radius 1 is 1.13 bits per heavy atom. The molecule has 0 aliphatic carbocycles. The van der Waals surface area contributed by atoms with E-state index in [4.69, 9.17) is 19.2 Å². The molecule has 3 rings (SSSR count). The van der Waals surface area contributed by atoms with Gasteiger partial charge in [-0.15, -0.1) is 0 Å². The summed E-state index contributed by atoms with van der Waals surface area (Å²) in [5.74, 6) is 1.03. The largest absolute Gasteiger partial charge is 0.381 e. The van der Waals surface area contributed by atoms with E-state index >= 15 is 0 Å². The standard InChI is InChI=1S/C25H41N3O3/c1-2-26-25(27-15-8-18-29-20-14-22-9-4-3-5-10-22)28-16-12-23(13-17-28)31-21-24-11-6-7-19-30-24/h3-5,9-10,23-24H,2,6-8,11-21H2,1H3,(H,26,27). The average molecular weight is 432 g/mol. The van der Waals surface area contributed by atoms with Gasteiger partial charge < -0.3 is 24.4 Å². The van der Waals surface area contributed by atoms with E-state index in [0.717, 1.165) is 90.7 Å². The Hall–Kier alpha value is -1.63. The molecule has 2 aliphatic heterocycles. The maximum Gasteiger partial charge on any atom is 0.193 e. The Labute approximate surface area is 188 Å². The van der Waals surface area contributed by atoms with Crippen molar-refractivity contribution in [2.24, 2.45) is 4.99 Å². The summed E-state index contributed by atoms with van der Waals surface area (Å²) in [5, 5.41) is 3.45. The van der Waals surface area contributed by atoms with Crippen molar-refractivity contribution in [2.75, 3.05) is 52.6 Å². The van der Waals surface area contributed by atoms with Gasteiger partial charge in [-0.3, -0.25) is 4.99 Å². The van der Waals surface area contributed by atoms with Gasteiger partial charge in [0.15, 0.2) is 5.96 Å². The number of hydrogen-bond acceptors (Lipinski definition) is 4. The van der Waals surface area contributed by atoms with Gasteiger partial charge in [-0.1, -0.05) is 30.3 Å². The molecule has 31 heavy (non-hydrogen) atoms. The third-order valence-electron chi connectivity index (χ3n) is 5.95. The summed E-state index contributed by atoms with van der Waals surface area (Å²) in [6.45, 7) is 8.98. The van der Waals surface area contributed by atoms with Crippen LogP contribution in [0.15, 0.2) is 35.3 Å². The summed E-state index contributed by atoms with van der Waals surface area (Å²) in [6.07, 6.45) is 8.30. The van der Waals surface area contributed by atoms with Crippen LogP contribution in [-0.4, -0.2) is 75.7 Å². The fourth-order valence-electron chi connectivity index (χ4n) is 4.13. The van der Waals surface area contributed by atoms with Gasteiger partial charge in [-0.25, -0.2) is 0 Å². The predicted molar refractivity (Wildman–Crippen MR) is 126 cm³/mol. The smallest absolute Gasteiger partial charge is 0.193 e. The Bertz CT molecular complexity index is 612. The summed E-state index contributed by atoms with van der Waals surface area (Å²) in [5.41, 5.74) is 1.33. The number of ether oxygens (including phenoxy) is 3. The van der Waals surface area contributed by atoms with Gasteiger partial charge in [-0.05, 0) is 57.4 Å². The zero-order valence-electron chi connectivity index (χ0n) is 19.3. The molecule has 0 amide bonds. The topological polar surface area (TPSA) is 55.3 Å². The average Bonchev–Trinajstić information content (AvgIpc) is 2.83. The summed E-state index contributed by atoms with van der Waals surface area (Å²) in [7, 11) is 0. The highest BCUT2D eigenvalue weighted by atomic mass is 16.5. The Kier molecular flexibility index (Phi) is 11.2. The van der Waals surface area contributed by atoms with Crippen LogP contribution in [0, 0.1) is 0 Å². The number of likely N-dealkylation sites (tertiary alicyclic amines) is 1. The first-order valence-electron chi connectivity index (χ1n) is 12.2. The van der Waals surface area contributed by atoms with Crippen molar-refractivity contribution in [3.63, 3.8) is 0 Å². The molecule has 0 spiro atoms. The number of rotatable bonds is 11. The molecule has 0 radical (unpaired) electrons. The lowest BCUT2D eigenvalue weighted by Crippen LogP contribution is -2.47. The molecule has 0 aromatic heterocycles. The van der Waals surface area contributed by atoms with Crippen LogP contribution in [0.5, 0.6) is 0 Å². The third-order valence-corrected chi connectivity index (χ3v) is 5.95. The number of aliphatic imine (C=N–C) groups is 1. The molecular weight excluding hydrogens is 390 g/mol. The molecule has 2 saturated heterocycles. The molecule has 0 saturated carbocycles. The molecule has 6 nitrogen and oxygen atoms in total. The van der Waals surface area contributed by atoms with Crippen LogP contribution < -0.4 is 5.32 Å². The van der Waals surface area contributed by atoms with Crippen molar-refractivity contribution >= 4 is 5.96 Å². The van der Waals surface area contributed by atoms with Gasteiger partial charge >= 0.3 is 0 Å². The van der Waals surface area contributed by atoms with Gasteiger partial charge in [0, 0.05) is 39.4 Å². The van der Waals surface area contributed by atoms with Crippen molar-refractivity contribution in [1.82, 2.24) is 10.2 Å². The Morgan fingerprint density at radius 3 is 2.71 bits per heavy atom. The normalized spacial score (nSPS) is 20.7. The van der Waals surface area contributed by atoms with E-state index in [1.54, 1.807) is 0 Å². The first kappa shape index (κ1) is 24.0. The number of nitrogens with one attached hydrogen (secondary N) is 1. The predicted octanol–water partition coefficient (Wildman–Crippen LogP) is 3.65. The zero-order chi connectivity index (χ0) is 21.6. The first-order valence-corrected chi connectivity index (χ1v) is 12.2. The zero-order valence-corrected chi connectivity index (χ0v) is 19.3. The molecule has 1 atom stereocenters. The SMILES string of the molecule is CCNC(=NCCCOCCc1ccccc1)N1CCC(OCC2CCCCO2)CC1. The van der Waals surface area contributed by atoms with Crippen molar-refractivity contribution in [3.05, 3.63) is 35.9 Å². The lowest BCUT2D eigenvalue weighted by atomic mass is 10.1. The molecule has 174 valence electrons. The van der Waals surface area contributed by atoms with Crippen LogP contribution in [0.1, 0.15) is 51.0 Å². The molecule has 1 aromatic rings. The number of piperidine rings is 1. The van der Waals surface area contributed by atoms with Gasteiger partial charge in [0.05, 0.1) is 25.4 Å². The van der Waals surface area contributed by atoms with Crippen LogP contribution in [0.2, 0.25) is 0 Å². The van der Waals surface area contributed by atoms with Crippen LogP contribution in [0.4, 0.5) is 0 Å². The highest BCUT2D eigenvalue weighted by Crippen LogP contribution is 2.18. The van der Waals surface area contributed by atoms with Gasteiger partial charge in [0.2, 0.25) is 0 Å². The van der Waals surface area contributed by atoms with Crippen molar-refractivity contribution in [2.45, 2.75) is 64.1 Å². The van der Waals surface area contributed by atoms with Gasteiger partial charge in [0.25, 0.3) is 0 Å². The van der Waals surface area contributed by atoms with Gasteiger partial charge in [-0.2, -0.15) is 0 Å². The summed E-state index contributed by atoms with van der Waals surface area (Å²) >= 11 is 0. The minimum absolute atomic E-state index is 0.306. The molecule has 6 heteroatoms. The van der Waals surface area contributed by atoms with E-state index in [-0.39, 0.29) is 0 Å². The van der Waals surface area contributed by atoms with Crippen molar-refractivity contribution in [1.29, 1.82) is 0 Å². The Morgan fingerprint density at radius 2 is 1.97 bits per heavy atom. The maximum absolute atomic E-state index is 6.15. The fraction of sp³-hybridized carbons (Fsp3) is 0.720. The number of hydrogen-bond donors (Lipinski definition) is 1. The summed E-state index contributed by atoms with van der Waals surface area (Å²) < 4.78 is 17.7. The molecule has 2 fully saturated rings.